The van der Waals surface area contributed by atoms with Gasteiger partial charge in [0.15, 0.2) is 0 Å². The molecule has 29 heavy (non-hydrogen) atoms. The standard InChI is InChI=1S/C19H17BrN4O4S/c20-15-10-17(21-12-15)19(26)24-23-18(25)14-7-4-8-16(9-14)29(27,28)22-11-13-5-2-1-3-6-13/h1-10,12,21-22H,11H2,(H,23,25)(H,24,26). The second kappa shape index (κ2) is 9.03. The van der Waals surface area contributed by atoms with Crippen LogP contribution in [0.5, 0.6) is 0 Å². The number of carbonyl (C=O) groups is 2. The molecule has 0 saturated heterocycles. The van der Waals surface area contributed by atoms with Gasteiger partial charge >= 0.3 is 0 Å². The molecule has 10 heteroatoms. The number of benzene rings is 2. The molecule has 0 radical (unpaired) electrons. The average Bonchev–Trinajstić information content (AvgIpc) is 3.17. The number of hydrogen-bond donors (Lipinski definition) is 4. The molecule has 0 bridgehead atoms. The molecule has 1 aromatic heterocycles. The van der Waals surface area contributed by atoms with E-state index in [9.17, 15) is 18.0 Å². The summed E-state index contributed by atoms with van der Waals surface area (Å²) < 4.78 is 28.2. The van der Waals surface area contributed by atoms with E-state index in [1.807, 2.05) is 18.2 Å². The first kappa shape index (κ1) is 20.8. The Balaban J connectivity index is 1.64. The molecular formula is C19H17BrN4O4S. The lowest BCUT2D eigenvalue weighted by Gasteiger charge is -2.09. The first-order valence-corrected chi connectivity index (χ1v) is 10.7. The molecule has 0 spiro atoms. The number of aromatic nitrogens is 1. The highest BCUT2D eigenvalue weighted by atomic mass is 79.9. The van der Waals surface area contributed by atoms with E-state index in [0.717, 1.165) is 5.56 Å². The number of amides is 2. The Labute approximate surface area is 175 Å². The minimum atomic E-state index is -3.81. The fourth-order valence-electron chi connectivity index (χ4n) is 2.41. The number of aromatic amines is 1. The van der Waals surface area contributed by atoms with E-state index in [1.165, 1.54) is 24.3 Å². The van der Waals surface area contributed by atoms with Crippen molar-refractivity contribution >= 4 is 37.8 Å². The van der Waals surface area contributed by atoms with Gasteiger partial charge in [-0.05, 0) is 45.8 Å². The van der Waals surface area contributed by atoms with E-state index in [-0.39, 0.29) is 22.7 Å². The number of rotatable bonds is 6. The largest absolute Gasteiger partial charge is 0.356 e. The zero-order valence-electron chi connectivity index (χ0n) is 15.0. The van der Waals surface area contributed by atoms with Crippen LogP contribution in [0.3, 0.4) is 0 Å². The van der Waals surface area contributed by atoms with E-state index >= 15 is 0 Å². The zero-order valence-corrected chi connectivity index (χ0v) is 17.4. The minimum absolute atomic E-state index is 0.0549. The Kier molecular flexibility index (Phi) is 6.47. The van der Waals surface area contributed by atoms with Crippen LogP contribution in [0, 0.1) is 0 Å². The summed E-state index contributed by atoms with van der Waals surface area (Å²) in [5, 5.41) is 0. The van der Waals surface area contributed by atoms with Crippen LogP contribution < -0.4 is 15.6 Å². The van der Waals surface area contributed by atoms with Gasteiger partial charge in [0.2, 0.25) is 10.0 Å². The first-order valence-electron chi connectivity index (χ1n) is 8.43. The van der Waals surface area contributed by atoms with E-state index in [0.29, 0.717) is 4.47 Å². The van der Waals surface area contributed by atoms with Crippen LogP contribution in [-0.4, -0.2) is 25.2 Å². The molecule has 0 atom stereocenters. The zero-order chi connectivity index (χ0) is 20.9. The highest BCUT2D eigenvalue weighted by Gasteiger charge is 2.17. The van der Waals surface area contributed by atoms with Gasteiger partial charge in [0.25, 0.3) is 11.8 Å². The van der Waals surface area contributed by atoms with Crippen molar-refractivity contribution < 1.29 is 18.0 Å². The fourth-order valence-corrected chi connectivity index (χ4v) is 3.82. The predicted octanol–water partition coefficient (Wildman–Crippen LogP) is 2.33. The number of nitrogens with one attached hydrogen (secondary N) is 4. The highest BCUT2D eigenvalue weighted by molar-refractivity contribution is 9.10. The summed E-state index contributed by atoms with van der Waals surface area (Å²) in [7, 11) is -3.81. The Morgan fingerprint density at radius 2 is 1.66 bits per heavy atom. The molecule has 3 rings (SSSR count). The van der Waals surface area contributed by atoms with Crippen molar-refractivity contribution in [1.29, 1.82) is 0 Å². The number of carbonyl (C=O) groups excluding carboxylic acids is 2. The normalized spacial score (nSPS) is 11.1. The molecular weight excluding hydrogens is 460 g/mol. The molecule has 0 saturated carbocycles. The lowest BCUT2D eigenvalue weighted by molar-refractivity contribution is 0.0844. The van der Waals surface area contributed by atoms with Crippen molar-refractivity contribution in [2.45, 2.75) is 11.4 Å². The van der Waals surface area contributed by atoms with Gasteiger partial charge in [-0.3, -0.25) is 20.4 Å². The van der Waals surface area contributed by atoms with E-state index in [1.54, 1.807) is 24.4 Å². The highest BCUT2D eigenvalue weighted by Crippen LogP contribution is 2.13. The molecule has 0 unspecified atom stereocenters. The Bertz CT molecular complexity index is 1130. The SMILES string of the molecule is O=C(NNC(=O)c1cc(Br)c[nH]1)c1cccc(S(=O)(=O)NCc2ccccc2)c1. The van der Waals surface area contributed by atoms with Crippen molar-refractivity contribution in [2.24, 2.45) is 0 Å². The summed E-state index contributed by atoms with van der Waals surface area (Å²) in [6, 6.07) is 16.2. The Morgan fingerprint density at radius 1 is 0.931 bits per heavy atom. The number of sulfonamides is 1. The van der Waals surface area contributed by atoms with Crippen molar-refractivity contribution in [3.8, 4) is 0 Å². The summed E-state index contributed by atoms with van der Waals surface area (Å²) in [4.78, 5) is 26.9. The quantitative estimate of drug-likeness (QED) is 0.408. The van der Waals surface area contributed by atoms with Crippen LogP contribution in [0.2, 0.25) is 0 Å². The molecule has 8 nitrogen and oxygen atoms in total. The first-order chi connectivity index (χ1) is 13.8. The van der Waals surface area contributed by atoms with Gasteiger partial charge in [0, 0.05) is 22.8 Å². The third-order valence-electron chi connectivity index (χ3n) is 3.90. The van der Waals surface area contributed by atoms with E-state index in [4.69, 9.17) is 0 Å². The van der Waals surface area contributed by atoms with Crippen molar-refractivity contribution in [3.05, 3.63) is 88.2 Å². The monoisotopic (exact) mass is 476 g/mol. The summed E-state index contributed by atoms with van der Waals surface area (Å²) >= 11 is 3.21. The van der Waals surface area contributed by atoms with Crippen LogP contribution in [0.25, 0.3) is 0 Å². The fraction of sp³-hybridized carbons (Fsp3) is 0.0526. The number of hydrazine groups is 1. The van der Waals surface area contributed by atoms with Gasteiger partial charge in [0.05, 0.1) is 4.90 Å². The molecule has 2 amide bonds. The molecule has 4 N–H and O–H groups in total. The van der Waals surface area contributed by atoms with Gasteiger partial charge in [-0.1, -0.05) is 36.4 Å². The molecule has 1 heterocycles. The maximum atomic E-state index is 12.5. The molecule has 3 aromatic rings. The Morgan fingerprint density at radius 3 is 2.34 bits per heavy atom. The maximum Gasteiger partial charge on any atom is 0.286 e. The van der Waals surface area contributed by atoms with Crippen LogP contribution >= 0.6 is 15.9 Å². The second-order valence-corrected chi connectivity index (χ2v) is 8.66. The smallest absolute Gasteiger partial charge is 0.286 e. The minimum Gasteiger partial charge on any atom is -0.356 e. The van der Waals surface area contributed by atoms with Gasteiger partial charge in [0.1, 0.15) is 5.69 Å². The summed E-state index contributed by atoms with van der Waals surface area (Å²) in [5.41, 5.74) is 5.66. The predicted molar refractivity (Wildman–Crippen MR) is 110 cm³/mol. The number of halogens is 1. The molecule has 0 aliphatic carbocycles. The second-order valence-electron chi connectivity index (χ2n) is 5.98. The van der Waals surface area contributed by atoms with Crippen molar-refractivity contribution in [2.75, 3.05) is 0 Å². The molecule has 0 aliphatic rings. The maximum absolute atomic E-state index is 12.5. The van der Waals surface area contributed by atoms with E-state index < -0.39 is 21.8 Å². The number of hydrogen-bond acceptors (Lipinski definition) is 4. The van der Waals surface area contributed by atoms with E-state index in [2.05, 4.69) is 36.5 Å². The topological polar surface area (TPSA) is 120 Å². The molecule has 0 fully saturated rings. The summed E-state index contributed by atoms with van der Waals surface area (Å²) in [5.74, 6) is -1.19. The average molecular weight is 477 g/mol. The van der Waals surface area contributed by atoms with Crippen molar-refractivity contribution in [1.82, 2.24) is 20.6 Å². The summed E-state index contributed by atoms with van der Waals surface area (Å²) in [6.07, 6.45) is 1.58. The molecule has 0 aliphatic heterocycles. The lowest BCUT2D eigenvalue weighted by atomic mass is 10.2. The van der Waals surface area contributed by atoms with Crippen LogP contribution in [-0.2, 0) is 16.6 Å². The lowest BCUT2D eigenvalue weighted by Crippen LogP contribution is -2.41. The molecule has 150 valence electrons. The van der Waals surface area contributed by atoms with Gasteiger partial charge in [-0.15, -0.1) is 0 Å². The molecule has 2 aromatic carbocycles. The number of H-pyrrole nitrogens is 1. The van der Waals surface area contributed by atoms with Gasteiger partial charge < -0.3 is 4.98 Å². The van der Waals surface area contributed by atoms with Crippen molar-refractivity contribution in [3.63, 3.8) is 0 Å². The van der Waals surface area contributed by atoms with Crippen LogP contribution in [0.15, 0.2) is 76.2 Å². The van der Waals surface area contributed by atoms with Crippen LogP contribution in [0.4, 0.5) is 0 Å². The van der Waals surface area contributed by atoms with Gasteiger partial charge in [-0.25, -0.2) is 13.1 Å². The Hall–Kier alpha value is -2.95. The van der Waals surface area contributed by atoms with Gasteiger partial charge in [-0.2, -0.15) is 0 Å². The van der Waals surface area contributed by atoms with Crippen LogP contribution in [0.1, 0.15) is 26.4 Å². The summed E-state index contributed by atoms with van der Waals surface area (Å²) in [6.45, 7) is 0.126. The third kappa shape index (κ3) is 5.53. The third-order valence-corrected chi connectivity index (χ3v) is 5.75.